The third-order valence-corrected chi connectivity index (χ3v) is 2.91. The summed E-state index contributed by atoms with van der Waals surface area (Å²) in [7, 11) is 1.61. The van der Waals surface area contributed by atoms with Gasteiger partial charge in [-0.25, -0.2) is 4.79 Å². The second kappa shape index (κ2) is 7.16. The third kappa shape index (κ3) is 5.12. The van der Waals surface area contributed by atoms with Crippen molar-refractivity contribution in [2.45, 2.75) is 33.3 Å². The molecule has 1 amide bonds. The van der Waals surface area contributed by atoms with E-state index in [1.165, 1.54) is 0 Å². The Labute approximate surface area is 141 Å². The van der Waals surface area contributed by atoms with Crippen molar-refractivity contribution < 1.29 is 14.3 Å². The van der Waals surface area contributed by atoms with E-state index in [4.69, 9.17) is 9.47 Å². The number of anilines is 3. The standard InChI is InChI=1S/C17H22N4O3/c1-11-6-7-13(23-5)12(10-11)18-14-8-9-15(21-20-14)19-16(22)24-17(2,3)4/h6-10H,1-5H3,(H,18,20)(H,19,21,22). The Bertz CT molecular complexity index is 709. The number of amides is 1. The molecule has 0 saturated carbocycles. The predicted molar refractivity (Wildman–Crippen MR) is 92.9 cm³/mol. The highest BCUT2D eigenvalue weighted by atomic mass is 16.6. The highest BCUT2D eigenvalue weighted by molar-refractivity contribution is 5.83. The smallest absolute Gasteiger partial charge is 0.413 e. The van der Waals surface area contributed by atoms with E-state index >= 15 is 0 Å². The average Bonchev–Trinajstić information content (AvgIpc) is 2.47. The molecule has 128 valence electrons. The van der Waals surface area contributed by atoms with Crippen molar-refractivity contribution >= 4 is 23.4 Å². The fourth-order valence-electron chi connectivity index (χ4n) is 1.93. The minimum atomic E-state index is -0.571. The molecule has 0 aliphatic carbocycles. The number of nitrogens with zero attached hydrogens (tertiary/aromatic N) is 2. The molecule has 0 bridgehead atoms. The van der Waals surface area contributed by atoms with Crippen LogP contribution >= 0.6 is 0 Å². The first-order chi connectivity index (χ1) is 11.3. The summed E-state index contributed by atoms with van der Waals surface area (Å²) in [5, 5.41) is 13.7. The number of aryl methyl sites for hydroxylation is 1. The Morgan fingerprint density at radius 2 is 1.75 bits per heavy atom. The van der Waals surface area contributed by atoms with Gasteiger partial charge in [0.15, 0.2) is 11.6 Å². The second-order valence-corrected chi connectivity index (χ2v) is 6.26. The molecule has 0 spiro atoms. The zero-order valence-corrected chi connectivity index (χ0v) is 14.5. The first-order valence-corrected chi connectivity index (χ1v) is 7.52. The van der Waals surface area contributed by atoms with Crippen LogP contribution in [0.1, 0.15) is 26.3 Å². The molecule has 0 aliphatic heterocycles. The van der Waals surface area contributed by atoms with Gasteiger partial charge >= 0.3 is 6.09 Å². The first-order valence-electron chi connectivity index (χ1n) is 7.52. The molecule has 1 heterocycles. The van der Waals surface area contributed by atoms with E-state index in [2.05, 4.69) is 20.8 Å². The molecule has 1 aromatic carbocycles. The average molecular weight is 330 g/mol. The number of ether oxygens (including phenoxy) is 2. The lowest BCUT2D eigenvalue weighted by Crippen LogP contribution is -2.27. The van der Waals surface area contributed by atoms with Crippen LogP contribution in [0.2, 0.25) is 0 Å². The van der Waals surface area contributed by atoms with Crippen molar-refractivity contribution in [1.29, 1.82) is 0 Å². The number of methoxy groups -OCH3 is 1. The molecule has 0 atom stereocenters. The predicted octanol–water partition coefficient (Wildman–Crippen LogP) is 3.88. The van der Waals surface area contributed by atoms with Crippen molar-refractivity contribution in [2.24, 2.45) is 0 Å². The molecule has 1 aromatic heterocycles. The normalized spacial score (nSPS) is 10.9. The Kier molecular flexibility index (Phi) is 5.23. The van der Waals surface area contributed by atoms with Crippen LogP contribution in [0.15, 0.2) is 30.3 Å². The number of aromatic nitrogens is 2. The van der Waals surface area contributed by atoms with Crippen molar-refractivity contribution in [2.75, 3.05) is 17.7 Å². The van der Waals surface area contributed by atoms with E-state index in [9.17, 15) is 4.79 Å². The minimum absolute atomic E-state index is 0.311. The van der Waals surface area contributed by atoms with Gasteiger partial charge in [-0.15, -0.1) is 10.2 Å². The summed E-state index contributed by atoms with van der Waals surface area (Å²) in [6.07, 6.45) is -0.571. The van der Waals surface area contributed by atoms with E-state index in [0.717, 1.165) is 11.3 Å². The number of benzene rings is 1. The zero-order valence-electron chi connectivity index (χ0n) is 14.5. The number of nitrogens with one attached hydrogen (secondary N) is 2. The molecule has 0 saturated heterocycles. The maximum atomic E-state index is 11.7. The lowest BCUT2D eigenvalue weighted by atomic mass is 10.2. The van der Waals surface area contributed by atoms with Crippen LogP contribution in [0.25, 0.3) is 0 Å². The van der Waals surface area contributed by atoms with Crippen LogP contribution in [-0.4, -0.2) is 29.0 Å². The Balaban J connectivity index is 2.05. The molecule has 2 N–H and O–H groups in total. The van der Waals surface area contributed by atoms with Gasteiger partial charge in [-0.05, 0) is 57.5 Å². The molecule has 24 heavy (non-hydrogen) atoms. The summed E-state index contributed by atoms with van der Waals surface area (Å²) in [4.78, 5) is 11.7. The molecule has 2 rings (SSSR count). The molecular formula is C17H22N4O3. The van der Waals surface area contributed by atoms with Crippen LogP contribution in [0.4, 0.5) is 22.1 Å². The molecule has 0 aliphatic rings. The molecule has 0 radical (unpaired) electrons. The van der Waals surface area contributed by atoms with E-state index < -0.39 is 11.7 Å². The molecule has 2 aromatic rings. The second-order valence-electron chi connectivity index (χ2n) is 6.26. The number of hydrogen-bond acceptors (Lipinski definition) is 6. The summed E-state index contributed by atoms with van der Waals surface area (Å²) in [5.41, 5.74) is 1.31. The topological polar surface area (TPSA) is 85.4 Å². The largest absolute Gasteiger partial charge is 0.495 e. The highest BCUT2D eigenvalue weighted by Gasteiger charge is 2.16. The Morgan fingerprint density at radius 1 is 1.08 bits per heavy atom. The van der Waals surface area contributed by atoms with Crippen LogP contribution in [-0.2, 0) is 4.74 Å². The fourth-order valence-corrected chi connectivity index (χ4v) is 1.93. The molecule has 7 nitrogen and oxygen atoms in total. The van der Waals surface area contributed by atoms with Gasteiger partial charge < -0.3 is 14.8 Å². The minimum Gasteiger partial charge on any atom is -0.495 e. The van der Waals surface area contributed by atoms with Gasteiger partial charge in [0, 0.05) is 0 Å². The quantitative estimate of drug-likeness (QED) is 0.885. The van der Waals surface area contributed by atoms with Gasteiger partial charge in [-0.2, -0.15) is 0 Å². The SMILES string of the molecule is COc1ccc(C)cc1Nc1ccc(NC(=O)OC(C)(C)C)nn1. The Hall–Kier alpha value is -2.83. The van der Waals surface area contributed by atoms with E-state index in [0.29, 0.717) is 17.4 Å². The number of carbonyl (C=O) groups is 1. The van der Waals surface area contributed by atoms with Gasteiger partial charge in [0.05, 0.1) is 12.8 Å². The summed E-state index contributed by atoms with van der Waals surface area (Å²) in [6, 6.07) is 9.14. The van der Waals surface area contributed by atoms with Crippen LogP contribution in [0.3, 0.4) is 0 Å². The number of hydrogen-bond donors (Lipinski definition) is 2. The summed E-state index contributed by atoms with van der Waals surface area (Å²) in [5.74, 6) is 1.55. The third-order valence-electron chi connectivity index (χ3n) is 2.91. The summed E-state index contributed by atoms with van der Waals surface area (Å²) < 4.78 is 10.5. The molecule has 0 unspecified atom stereocenters. The monoisotopic (exact) mass is 330 g/mol. The number of rotatable bonds is 4. The molecule has 0 fully saturated rings. The van der Waals surface area contributed by atoms with Crippen LogP contribution in [0.5, 0.6) is 5.75 Å². The van der Waals surface area contributed by atoms with E-state index in [1.807, 2.05) is 25.1 Å². The Morgan fingerprint density at radius 3 is 2.33 bits per heavy atom. The maximum Gasteiger partial charge on any atom is 0.413 e. The maximum absolute atomic E-state index is 11.7. The van der Waals surface area contributed by atoms with Gasteiger partial charge in [0.2, 0.25) is 0 Å². The van der Waals surface area contributed by atoms with E-state index in [-0.39, 0.29) is 0 Å². The van der Waals surface area contributed by atoms with Gasteiger partial charge in [-0.1, -0.05) is 6.07 Å². The molecular weight excluding hydrogens is 308 g/mol. The van der Waals surface area contributed by atoms with Crippen LogP contribution < -0.4 is 15.4 Å². The van der Waals surface area contributed by atoms with E-state index in [1.54, 1.807) is 40.0 Å². The van der Waals surface area contributed by atoms with Crippen molar-refractivity contribution in [1.82, 2.24) is 10.2 Å². The molecule has 7 heteroatoms. The van der Waals surface area contributed by atoms with Gasteiger partial charge in [0.25, 0.3) is 0 Å². The van der Waals surface area contributed by atoms with Gasteiger partial charge in [0.1, 0.15) is 11.4 Å². The lowest BCUT2D eigenvalue weighted by Gasteiger charge is -2.19. The number of carbonyl (C=O) groups excluding carboxylic acids is 1. The van der Waals surface area contributed by atoms with Crippen molar-refractivity contribution in [3.63, 3.8) is 0 Å². The highest BCUT2D eigenvalue weighted by Crippen LogP contribution is 2.27. The summed E-state index contributed by atoms with van der Waals surface area (Å²) in [6.45, 7) is 7.37. The zero-order chi connectivity index (χ0) is 17.7. The van der Waals surface area contributed by atoms with Gasteiger partial charge in [-0.3, -0.25) is 5.32 Å². The lowest BCUT2D eigenvalue weighted by molar-refractivity contribution is 0.0635. The summed E-state index contributed by atoms with van der Waals surface area (Å²) >= 11 is 0. The first kappa shape index (κ1) is 17.5. The fraction of sp³-hybridized carbons (Fsp3) is 0.353. The van der Waals surface area contributed by atoms with Crippen molar-refractivity contribution in [3.8, 4) is 5.75 Å². The van der Waals surface area contributed by atoms with Crippen molar-refractivity contribution in [3.05, 3.63) is 35.9 Å². The van der Waals surface area contributed by atoms with Crippen LogP contribution in [0, 0.1) is 6.92 Å².